The predicted octanol–water partition coefficient (Wildman–Crippen LogP) is 1.95. The molecule has 0 amide bonds. The standard InChI is InChI=1S/C14H17FN2O/c15-13-4-11(7-16)3-12(5-13)9-17-8-10-1-2-14(18)6-10/h3-5,10,14,17-18H,1-2,6,8-9H2. The summed E-state index contributed by atoms with van der Waals surface area (Å²) in [6.07, 6.45) is 2.61. The van der Waals surface area contributed by atoms with Crippen molar-refractivity contribution in [2.75, 3.05) is 6.54 Å². The first kappa shape index (κ1) is 13.0. The van der Waals surface area contributed by atoms with E-state index in [0.29, 0.717) is 18.0 Å². The van der Waals surface area contributed by atoms with E-state index in [1.807, 2.05) is 6.07 Å². The molecule has 1 aliphatic rings. The molecule has 3 nitrogen and oxygen atoms in total. The highest BCUT2D eigenvalue weighted by Crippen LogP contribution is 2.24. The molecular formula is C14H17FN2O. The van der Waals surface area contributed by atoms with E-state index in [-0.39, 0.29) is 11.9 Å². The quantitative estimate of drug-likeness (QED) is 0.856. The molecule has 18 heavy (non-hydrogen) atoms. The third kappa shape index (κ3) is 3.52. The van der Waals surface area contributed by atoms with Gasteiger partial charge < -0.3 is 10.4 Å². The van der Waals surface area contributed by atoms with E-state index in [0.717, 1.165) is 31.4 Å². The molecule has 0 spiro atoms. The lowest BCUT2D eigenvalue weighted by Crippen LogP contribution is -2.21. The van der Waals surface area contributed by atoms with Gasteiger partial charge in [-0.2, -0.15) is 5.26 Å². The highest BCUT2D eigenvalue weighted by Gasteiger charge is 2.21. The SMILES string of the molecule is N#Cc1cc(F)cc(CNCC2CCC(O)C2)c1. The molecule has 2 atom stereocenters. The number of aliphatic hydroxyl groups is 1. The monoisotopic (exact) mass is 248 g/mol. The van der Waals surface area contributed by atoms with Crippen LogP contribution in [0, 0.1) is 23.1 Å². The highest BCUT2D eigenvalue weighted by atomic mass is 19.1. The summed E-state index contributed by atoms with van der Waals surface area (Å²) in [7, 11) is 0. The summed E-state index contributed by atoms with van der Waals surface area (Å²) in [5, 5.41) is 21.4. The van der Waals surface area contributed by atoms with Crippen molar-refractivity contribution in [1.29, 1.82) is 5.26 Å². The maximum absolute atomic E-state index is 13.2. The van der Waals surface area contributed by atoms with Gasteiger partial charge in [0.2, 0.25) is 0 Å². The van der Waals surface area contributed by atoms with Gasteiger partial charge in [0.1, 0.15) is 5.82 Å². The number of aliphatic hydroxyl groups excluding tert-OH is 1. The zero-order chi connectivity index (χ0) is 13.0. The van der Waals surface area contributed by atoms with E-state index in [1.54, 1.807) is 6.07 Å². The summed E-state index contributed by atoms with van der Waals surface area (Å²) in [5.41, 5.74) is 1.13. The second-order valence-electron chi connectivity index (χ2n) is 4.92. The van der Waals surface area contributed by atoms with Gasteiger partial charge in [0.15, 0.2) is 0 Å². The third-order valence-electron chi connectivity index (χ3n) is 3.36. The maximum atomic E-state index is 13.2. The molecule has 0 saturated heterocycles. The first-order valence-electron chi connectivity index (χ1n) is 6.25. The lowest BCUT2D eigenvalue weighted by molar-refractivity contribution is 0.177. The van der Waals surface area contributed by atoms with Gasteiger partial charge >= 0.3 is 0 Å². The van der Waals surface area contributed by atoms with Crippen molar-refractivity contribution >= 4 is 0 Å². The van der Waals surface area contributed by atoms with Gasteiger partial charge in [0.05, 0.1) is 17.7 Å². The van der Waals surface area contributed by atoms with Crippen LogP contribution in [0.25, 0.3) is 0 Å². The number of hydrogen-bond acceptors (Lipinski definition) is 3. The molecule has 96 valence electrons. The van der Waals surface area contributed by atoms with Crippen LogP contribution in [0.15, 0.2) is 18.2 Å². The fraction of sp³-hybridized carbons (Fsp3) is 0.500. The highest BCUT2D eigenvalue weighted by molar-refractivity contribution is 5.33. The van der Waals surface area contributed by atoms with Crippen molar-refractivity contribution in [3.05, 3.63) is 35.1 Å². The Hall–Kier alpha value is -1.44. The van der Waals surface area contributed by atoms with Crippen LogP contribution in [0.2, 0.25) is 0 Å². The zero-order valence-corrected chi connectivity index (χ0v) is 10.2. The second-order valence-corrected chi connectivity index (χ2v) is 4.92. The summed E-state index contributed by atoms with van der Waals surface area (Å²) in [6, 6.07) is 6.31. The van der Waals surface area contributed by atoms with Crippen LogP contribution in [0.4, 0.5) is 4.39 Å². The zero-order valence-electron chi connectivity index (χ0n) is 10.2. The molecule has 1 aromatic carbocycles. The average molecular weight is 248 g/mol. The molecule has 4 heteroatoms. The number of nitrogens with zero attached hydrogens (tertiary/aromatic N) is 1. The van der Waals surface area contributed by atoms with Crippen LogP contribution >= 0.6 is 0 Å². The summed E-state index contributed by atoms with van der Waals surface area (Å²) >= 11 is 0. The number of hydrogen-bond donors (Lipinski definition) is 2. The van der Waals surface area contributed by atoms with E-state index >= 15 is 0 Å². The van der Waals surface area contributed by atoms with Crippen LogP contribution in [0.3, 0.4) is 0 Å². The Morgan fingerprint density at radius 1 is 1.39 bits per heavy atom. The molecule has 1 saturated carbocycles. The summed E-state index contributed by atoms with van der Waals surface area (Å²) in [6.45, 7) is 1.38. The van der Waals surface area contributed by atoms with E-state index in [1.165, 1.54) is 12.1 Å². The largest absolute Gasteiger partial charge is 0.393 e. The Bertz CT molecular complexity index is 456. The number of nitrogens with one attached hydrogen (secondary N) is 1. The molecule has 2 rings (SSSR count). The van der Waals surface area contributed by atoms with Crippen molar-refractivity contribution in [1.82, 2.24) is 5.32 Å². The van der Waals surface area contributed by atoms with Crippen molar-refractivity contribution in [3.8, 4) is 6.07 Å². The van der Waals surface area contributed by atoms with Gasteiger partial charge in [-0.15, -0.1) is 0 Å². The maximum Gasteiger partial charge on any atom is 0.124 e. The lowest BCUT2D eigenvalue weighted by Gasteiger charge is -2.11. The molecule has 0 radical (unpaired) electrons. The fourth-order valence-corrected chi connectivity index (χ4v) is 2.47. The van der Waals surface area contributed by atoms with Crippen molar-refractivity contribution in [2.45, 2.75) is 31.9 Å². The third-order valence-corrected chi connectivity index (χ3v) is 3.36. The Kier molecular flexibility index (Phi) is 4.29. The smallest absolute Gasteiger partial charge is 0.124 e. The van der Waals surface area contributed by atoms with Crippen molar-refractivity contribution in [3.63, 3.8) is 0 Å². The van der Waals surface area contributed by atoms with Gasteiger partial charge in [-0.25, -0.2) is 4.39 Å². The molecule has 1 aliphatic carbocycles. The molecule has 2 N–H and O–H groups in total. The molecule has 0 bridgehead atoms. The van der Waals surface area contributed by atoms with Gasteiger partial charge in [-0.05, 0) is 55.5 Å². The normalized spacial score (nSPS) is 22.9. The van der Waals surface area contributed by atoms with Crippen LogP contribution in [0.5, 0.6) is 0 Å². The minimum absolute atomic E-state index is 0.156. The molecule has 0 aliphatic heterocycles. The number of rotatable bonds is 4. The molecule has 2 unspecified atom stereocenters. The molecular weight excluding hydrogens is 231 g/mol. The minimum atomic E-state index is -0.373. The molecule has 1 fully saturated rings. The number of benzene rings is 1. The Morgan fingerprint density at radius 2 is 2.22 bits per heavy atom. The van der Waals surface area contributed by atoms with Crippen LogP contribution in [0.1, 0.15) is 30.4 Å². The Balaban J connectivity index is 1.83. The molecule has 1 aromatic rings. The summed E-state index contributed by atoms with van der Waals surface area (Å²) in [5.74, 6) is 0.131. The van der Waals surface area contributed by atoms with Gasteiger partial charge in [0.25, 0.3) is 0 Å². The van der Waals surface area contributed by atoms with Crippen molar-refractivity contribution in [2.24, 2.45) is 5.92 Å². The van der Waals surface area contributed by atoms with Gasteiger partial charge in [-0.3, -0.25) is 0 Å². The molecule has 0 heterocycles. The lowest BCUT2D eigenvalue weighted by atomic mass is 10.1. The van der Waals surface area contributed by atoms with Crippen LogP contribution in [-0.4, -0.2) is 17.8 Å². The summed E-state index contributed by atoms with van der Waals surface area (Å²) < 4.78 is 13.2. The number of nitriles is 1. The minimum Gasteiger partial charge on any atom is -0.393 e. The Labute approximate surface area is 106 Å². The van der Waals surface area contributed by atoms with Crippen molar-refractivity contribution < 1.29 is 9.50 Å². The fourth-order valence-electron chi connectivity index (χ4n) is 2.47. The first-order chi connectivity index (χ1) is 8.67. The van der Waals surface area contributed by atoms with Crippen LogP contribution in [-0.2, 0) is 6.54 Å². The average Bonchev–Trinajstić information content (AvgIpc) is 2.74. The van der Waals surface area contributed by atoms with E-state index < -0.39 is 0 Å². The van der Waals surface area contributed by atoms with E-state index in [9.17, 15) is 9.50 Å². The number of halogens is 1. The topological polar surface area (TPSA) is 56.0 Å². The van der Waals surface area contributed by atoms with Gasteiger partial charge in [0, 0.05) is 6.54 Å². The Morgan fingerprint density at radius 3 is 2.89 bits per heavy atom. The summed E-state index contributed by atoms with van der Waals surface area (Å²) in [4.78, 5) is 0. The van der Waals surface area contributed by atoms with E-state index in [4.69, 9.17) is 5.26 Å². The van der Waals surface area contributed by atoms with E-state index in [2.05, 4.69) is 5.32 Å². The van der Waals surface area contributed by atoms with Gasteiger partial charge in [-0.1, -0.05) is 0 Å². The predicted molar refractivity (Wildman–Crippen MR) is 66.2 cm³/mol. The molecule has 0 aromatic heterocycles. The second kappa shape index (κ2) is 5.94. The first-order valence-corrected chi connectivity index (χ1v) is 6.25. The van der Waals surface area contributed by atoms with Crippen LogP contribution < -0.4 is 5.32 Å².